The van der Waals surface area contributed by atoms with Gasteiger partial charge in [-0.15, -0.1) is 0 Å². The van der Waals surface area contributed by atoms with Crippen LogP contribution in [0.2, 0.25) is 0 Å². The van der Waals surface area contributed by atoms with E-state index >= 15 is 0 Å². The molecule has 13 nitrogen and oxygen atoms in total. The molecule has 13 heteroatoms. The molecule has 0 aliphatic rings. The van der Waals surface area contributed by atoms with Gasteiger partial charge in [0.1, 0.15) is 73.6 Å². The van der Waals surface area contributed by atoms with E-state index in [2.05, 4.69) is 9.97 Å². The van der Waals surface area contributed by atoms with Crippen LogP contribution in [-0.4, -0.2) is 32.4 Å². The van der Waals surface area contributed by atoms with E-state index in [0.29, 0.717) is 78.7 Å². The van der Waals surface area contributed by atoms with E-state index in [-0.39, 0.29) is 22.6 Å². The van der Waals surface area contributed by atoms with Crippen molar-refractivity contribution in [3.05, 3.63) is 81.8 Å². The van der Waals surface area contributed by atoms with E-state index < -0.39 is 33.7 Å². The molecular formula is C46H46N2O11. The number of fused-ring (bicyclic) bond motifs is 5. The van der Waals surface area contributed by atoms with Crippen LogP contribution < -0.4 is 30.2 Å². The molecule has 59 heavy (non-hydrogen) atoms. The largest absolute Gasteiger partial charge is 0.488 e. The van der Waals surface area contributed by atoms with Crippen molar-refractivity contribution >= 4 is 44.3 Å². The lowest BCUT2D eigenvalue weighted by Crippen LogP contribution is -2.24. The van der Waals surface area contributed by atoms with Crippen molar-refractivity contribution in [2.75, 3.05) is 0 Å². The number of ether oxygens (including phenoxy) is 4. The molecule has 0 saturated heterocycles. The number of hydrogen-bond acceptors (Lipinski definition) is 13. The van der Waals surface area contributed by atoms with Crippen molar-refractivity contribution in [2.24, 2.45) is 0 Å². The summed E-state index contributed by atoms with van der Waals surface area (Å²) in [4.78, 5) is 35.8. The molecule has 6 aromatic heterocycles. The van der Waals surface area contributed by atoms with Crippen LogP contribution in [0, 0.1) is 0 Å². The maximum absolute atomic E-state index is 13.4. The van der Waals surface area contributed by atoms with Crippen LogP contribution >= 0.6 is 0 Å². The standard InChI is InChI=1S/C46H46N2O11/c1-43(2,3)56-23-13-31-26(34(15-23)58-45(7,8)9)17-25(41(49)54-31)29-21-48-30(22-47-29)36-20-38-40(53-36)39-37(51-38)19-33(52-39)28-18-27-32(55-42(28)50)14-24(57-44(4,5)6)16-35(27)59-46(10,11)12/h13-22H,1-12H3. The first-order valence-corrected chi connectivity index (χ1v) is 19.2. The molecule has 0 unspecified atom stereocenters. The lowest BCUT2D eigenvalue weighted by molar-refractivity contribution is 0.121. The van der Waals surface area contributed by atoms with Crippen LogP contribution in [0.4, 0.5) is 0 Å². The van der Waals surface area contributed by atoms with Gasteiger partial charge in [-0.25, -0.2) is 14.6 Å². The Labute approximate surface area is 338 Å². The van der Waals surface area contributed by atoms with E-state index in [1.165, 1.54) is 12.4 Å². The molecule has 0 N–H and O–H groups in total. The van der Waals surface area contributed by atoms with Crippen molar-refractivity contribution in [1.82, 2.24) is 9.97 Å². The monoisotopic (exact) mass is 802 g/mol. The Bertz CT molecular complexity index is 3020. The average Bonchev–Trinajstić information content (AvgIpc) is 3.76. The Kier molecular flexibility index (Phi) is 9.02. The van der Waals surface area contributed by atoms with Crippen LogP contribution in [0.25, 0.3) is 78.3 Å². The zero-order valence-corrected chi connectivity index (χ0v) is 35.2. The van der Waals surface area contributed by atoms with Gasteiger partial charge in [-0.05, 0) is 95.2 Å². The summed E-state index contributed by atoms with van der Waals surface area (Å²) < 4.78 is 54.8. The smallest absolute Gasteiger partial charge is 0.347 e. The molecule has 0 bridgehead atoms. The minimum atomic E-state index is -0.618. The second kappa shape index (κ2) is 13.5. The third-order valence-electron chi connectivity index (χ3n) is 8.53. The lowest BCUT2D eigenvalue weighted by atomic mass is 10.1. The number of aromatic nitrogens is 2. The first-order valence-electron chi connectivity index (χ1n) is 19.2. The summed E-state index contributed by atoms with van der Waals surface area (Å²) in [7, 11) is 0. The molecule has 8 rings (SSSR count). The van der Waals surface area contributed by atoms with Gasteiger partial charge in [0.15, 0.2) is 16.9 Å². The van der Waals surface area contributed by atoms with Gasteiger partial charge < -0.3 is 41.0 Å². The zero-order valence-electron chi connectivity index (χ0n) is 35.2. The van der Waals surface area contributed by atoms with Crippen molar-refractivity contribution in [3.63, 3.8) is 0 Å². The van der Waals surface area contributed by atoms with Crippen molar-refractivity contribution in [3.8, 4) is 57.0 Å². The number of hydrogen-bond donors (Lipinski definition) is 0. The van der Waals surface area contributed by atoms with Gasteiger partial charge in [0, 0.05) is 36.4 Å². The minimum absolute atomic E-state index is 0.169. The quantitative estimate of drug-likeness (QED) is 0.140. The lowest BCUT2D eigenvalue weighted by Gasteiger charge is -2.25. The number of furan rings is 3. The topological polar surface area (TPSA) is 163 Å². The molecule has 0 aliphatic carbocycles. The van der Waals surface area contributed by atoms with Gasteiger partial charge in [-0.1, -0.05) is 0 Å². The van der Waals surface area contributed by atoms with Gasteiger partial charge in [0.2, 0.25) is 11.2 Å². The Morgan fingerprint density at radius 1 is 0.424 bits per heavy atom. The predicted octanol–water partition coefficient (Wildman–Crippen LogP) is 11.5. The first-order chi connectivity index (χ1) is 27.4. The molecule has 0 spiro atoms. The van der Waals surface area contributed by atoms with Crippen LogP contribution in [0.15, 0.2) is 92.6 Å². The van der Waals surface area contributed by atoms with E-state index in [9.17, 15) is 9.59 Å². The zero-order chi connectivity index (χ0) is 42.4. The van der Waals surface area contributed by atoms with E-state index in [1.807, 2.05) is 83.1 Å². The van der Waals surface area contributed by atoms with Gasteiger partial charge in [0.25, 0.3) is 0 Å². The summed E-state index contributed by atoms with van der Waals surface area (Å²) in [5, 5.41) is 1.14. The average molecular weight is 803 g/mol. The molecule has 0 radical (unpaired) electrons. The van der Waals surface area contributed by atoms with E-state index in [1.54, 1.807) is 48.5 Å². The fourth-order valence-electron chi connectivity index (χ4n) is 6.52. The van der Waals surface area contributed by atoms with Crippen molar-refractivity contribution in [1.29, 1.82) is 0 Å². The van der Waals surface area contributed by atoms with Crippen LogP contribution in [0.3, 0.4) is 0 Å². The Morgan fingerprint density at radius 3 is 1.32 bits per heavy atom. The third-order valence-corrected chi connectivity index (χ3v) is 8.53. The summed E-state index contributed by atoms with van der Waals surface area (Å²) >= 11 is 0. The van der Waals surface area contributed by atoms with Crippen LogP contribution in [-0.2, 0) is 0 Å². The summed E-state index contributed by atoms with van der Waals surface area (Å²) in [5.41, 5.74) is -0.236. The predicted molar refractivity (Wildman–Crippen MR) is 224 cm³/mol. The van der Waals surface area contributed by atoms with Crippen LogP contribution in [0.5, 0.6) is 23.0 Å². The Hall–Kier alpha value is -6.50. The van der Waals surface area contributed by atoms with E-state index in [4.69, 9.17) is 41.0 Å². The Balaban J connectivity index is 1.12. The highest BCUT2D eigenvalue weighted by Gasteiger charge is 2.26. The second-order valence-corrected chi connectivity index (χ2v) is 18.4. The summed E-state index contributed by atoms with van der Waals surface area (Å²) in [6, 6.07) is 13.6. The highest BCUT2D eigenvalue weighted by molar-refractivity contribution is 6.01. The molecular weight excluding hydrogens is 757 g/mol. The molecule has 0 atom stereocenters. The molecule has 6 heterocycles. The molecule has 2 aromatic carbocycles. The Morgan fingerprint density at radius 2 is 0.847 bits per heavy atom. The summed E-state index contributed by atoms with van der Waals surface area (Å²) in [5.74, 6) is 2.57. The number of rotatable bonds is 7. The summed E-state index contributed by atoms with van der Waals surface area (Å²) in [6.07, 6.45) is 2.96. The highest BCUT2D eigenvalue weighted by Crippen LogP contribution is 2.41. The normalized spacial score (nSPS) is 12.9. The first kappa shape index (κ1) is 39.3. The van der Waals surface area contributed by atoms with Crippen LogP contribution in [0.1, 0.15) is 83.1 Å². The SMILES string of the molecule is CC(C)(C)Oc1cc(OC(C)(C)C)c2cc(-c3cnc(-c4cc5oc6cc(-c7cc8c(OC(C)(C)C)cc(OC(C)(C)C)cc8oc7=O)oc6c5o4)cn3)c(=O)oc2c1. The molecule has 0 fully saturated rings. The molecule has 306 valence electrons. The number of benzene rings is 2. The second-order valence-electron chi connectivity index (χ2n) is 18.4. The summed E-state index contributed by atoms with van der Waals surface area (Å²) in [6.45, 7) is 23.2. The fourth-order valence-corrected chi connectivity index (χ4v) is 6.52. The molecule has 0 aliphatic heterocycles. The number of nitrogens with zero attached hydrogens (tertiary/aromatic N) is 2. The van der Waals surface area contributed by atoms with Gasteiger partial charge in [-0.2, -0.15) is 0 Å². The fraction of sp³-hybridized carbons (Fsp3) is 0.348. The van der Waals surface area contributed by atoms with E-state index in [0.717, 1.165) is 0 Å². The van der Waals surface area contributed by atoms with Gasteiger partial charge >= 0.3 is 11.3 Å². The molecule has 0 amide bonds. The van der Waals surface area contributed by atoms with Gasteiger partial charge in [-0.3, -0.25) is 4.98 Å². The minimum Gasteiger partial charge on any atom is -0.488 e. The maximum Gasteiger partial charge on any atom is 0.347 e. The van der Waals surface area contributed by atoms with Crippen molar-refractivity contribution < 1.29 is 41.0 Å². The highest BCUT2D eigenvalue weighted by atomic mass is 16.5. The molecule has 8 aromatic rings. The van der Waals surface area contributed by atoms with Gasteiger partial charge in [0.05, 0.1) is 34.4 Å². The maximum atomic E-state index is 13.4. The third kappa shape index (κ3) is 8.27. The molecule has 0 saturated carbocycles. The van der Waals surface area contributed by atoms with Crippen molar-refractivity contribution in [2.45, 2.75) is 105 Å².